The summed E-state index contributed by atoms with van der Waals surface area (Å²) in [4.78, 5) is 11.9. The molecule has 122 valence electrons. The van der Waals surface area contributed by atoms with Gasteiger partial charge in [-0.2, -0.15) is 0 Å². The van der Waals surface area contributed by atoms with Crippen molar-refractivity contribution >= 4 is 5.91 Å². The van der Waals surface area contributed by atoms with Crippen LogP contribution in [-0.2, 0) is 11.3 Å². The Balaban J connectivity index is 1.93. The smallest absolute Gasteiger partial charge is 0.258 e. The molecular formula is C18H20FNO3. The summed E-state index contributed by atoms with van der Waals surface area (Å²) in [6.07, 6.45) is 0. The van der Waals surface area contributed by atoms with E-state index in [-0.39, 0.29) is 18.3 Å². The van der Waals surface area contributed by atoms with Crippen LogP contribution in [0.2, 0.25) is 0 Å². The van der Waals surface area contributed by atoms with Gasteiger partial charge in [0.1, 0.15) is 5.75 Å². The average Bonchev–Trinajstić information content (AvgIpc) is 2.51. The molecule has 23 heavy (non-hydrogen) atoms. The van der Waals surface area contributed by atoms with Crippen molar-refractivity contribution < 1.29 is 18.7 Å². The Morgan fingerprint density at radius 3 is 2.65 bits per heavy atom. The number of rotatable bonds is 6. The van der Waals surface area contributed by atoms with Crippen molar-refractivity contribution in [3.05, 3.63) is 58.9 Å². The Hall–Kier alpha value is -2.56. The number of aryl methyl sites for hydroxylation is 2. The number of para-hydroxylation sites is 1. The van der Waals surface area contributed by atoms with Gasteiger partial charge < -0.3 is 14.8 Å². The summed E-state index contributed by atoms with van der Waals surface area (Å²) in [6, 6.07) is 9.96. The lowest BCUT2D eigenvalue weighted by molar-refractivity contribution is -0.123. The van der Waals surface area contributed by atoms with E-state index in [1.807, 2.05) is 26.0 Å². The summed E-state index contributed by atoms with van der Waals surface area (Å²) in [5.74, 6) is 0.00305. The number of amides is 1. The fraction of sp³-hybridized carbons (Fsp3) is 0.278. The first-order valence-corrected chi connectivity index (χ1v) is 7.29. The van der Waals surface area contributed by atoms with Gasteiger partial charge in [-0.25, -0.2) is 4.39 Å². The van der Waals surface area contributed by atoms with Gasteiger partial charge in [-0.3, -0.25) is 4.79 Å². The van der Waals surface area contributed by atoms with Crippen molar-refractivity contribution in [2.75, 3.05) is 13.7 Å². The molecule has 0 fully saturated rings. The Bertz CT molecular complexity index is 701. The minimum absolute atomic E-state index is 0.0617. The second-order valence-electron chi connectivity index (χ2n) is 5.27. The van der Waals surface area contributed by atoms with E-state index in [1.54, 1.807) is 19.2 Å². The first-order chi connectivity index (χ1) is 11.0. The van der Waals surface area contributed by atoms with E-state index in [2.05, 4.69) is 5.32 Å². The highest BCUT2D eigenvalue weighted by Crippen LogP contribution is 2.24. The zero-order chi connectivity index (χ0) is 16.8. The fourth-order valence-electron chi connectivity index (χ4n) is 2.42. The van der Waals surface area contributed by atoms with Gasteiger partial charge in [-0.15, -0.1) is 0 Å². The third-order valence-corrected chi connectivity index (χ3v) is 3.37. The van der Waals surface area contributed by atoms with Crippen molar-refractivity contribution in [1.29, 1.82) is 0 Å². The summed E-state index contributed by atoms with van der Waals surface area (Å²) >= 11 is 0. The summed E-state index contributed by atoms with van der Waals surface area (Å²) in [5.41, 5.74) is 3.00. The Labute approximate surface area is 135 Å². The van der Waals surface area contributed by atoms with Crippen LogP contribution in [0.25, 0.3) is 0 Å². The van der Waals surface area contributed by atoms with Gasteiger partial charge in [0.2, 0.25) is 0 Å². The first kappa shape index (κ1) is 16.8. The molecule has 0 aliphatic rings. The third-order valence-electron chi connectivity index (χ3n) is 3.37. The van der Waals surface area contributed by atoms with E-state index in [9.17, 15) is 9.18 Å². The molecule has 2 rings (SSSR count). The second kappa shape index (κ2) is 7.63. The number of nitrogens with one attached hydrogen (secondary N) is 1. The number of hydrogen-bond acceptors (Lipinski definition) is 3. The zero-order valence-electron chi connectivity index (χ0n) is 13.5. The molecule has 1 N–H and O–H groups in total. The lowest BCUT2D eigenvalue weighted by atomic mass is 10.1. The molecule has 5 heteroatoms. The zero-order valence-corrected chi connectivity index (χ0v) is 13.5. The van der Waals surface area contributed by atoms with Gasteiger partial charge in [0.25, 0.3) is 5.91 Å². The minimum atomic E-state index is -0.490. The standard InChI is InChI=1S/C18H20FNO3/c1-12-8-13(2)18(22-3)14(9-12)10-20-17(21)11-23-16-7-5-4-6-15(16)19/h4-9H,10-11H2,1-3H3,(H,20,21). The maximum absolute atomic E-state index is 13.4. The number of halogens is 1. The number of carbonyl (C=O) groups excluding carboxylic acids is 1. The van der Waals surface area contributed by atoms with Crippen LogP contribution in [0.3, 0.4) is 0 Å². The quantitative estimate of drug-likeness (QED) is 0.890. The van der Waals surface area contributed by atoms with Crippen LogP contribution in [0.5, 0.6) is 11.5 Å². The van der Waals surface area contributed by atoms with Gasteiger partial charge in [-0.1, -0.05) is 29.8 Å². The molecule has 0 unspecified atom stereocenters. The third kappa shape index (κ3) is 4.45. The van der Waals surface area contributed by atoms with E-state index in [0.717, 1.165) is 22.4 Å². The molecule has 0 heterocycles. The van der Waals surface area contributed by atoms with Crippen LogP contribution in [0, 0.1) is 19.7 Å². The fourth-order valence-corrected chi connectivity index (χ4v) is 2.42. The maximum atomic E-state index is 13.4. The van der Waals surface area contributed by atoms with Crippen LogP contribution >= 0.6 is 0 Å². The summed E-state index contributed by atoms with van der Waals surface area (Å²) < 4.78 is 24.0. The molecule has 0 radical (unpaired) electrons. The van der Waals surface area contributed by atoms with E-state index < -0.39 is 5.82 Å². The van der Waals surface area contributed by atoms with E-state index in [1.165, 1.54) is 12.1 Å². The van der Waals surface area contributed by atoms with Gasteiger partial charge >= 0.3 is 0 Å². The van der Waals surface area contributed by atoms with Crippen molar-refractivity contribution in [3.8, 4) is 11.5 Å². The maximum Gasteiger partial charge on any atom is 0.258 e. The number of methoxy groups -OCH3 is 1. The van der Waals surface area contributed by atoms with Crippen molar-refractivity contribution in [3.63, 3.8) is 0 Å². The molecule has 0 saturated heterocycles. The lowest BCUT2D eigenvalue weighted by Crippen LogP contribution is -2.28. The largest absolute Gasteiger partial charge is 0.496 e. The average molecular weight is 317 g/mol. The predicted octanol–water partition coefficient (Wildman–Crippen LogP) is 3.15. The van der Waals surface area contributed by atoms with Gasteiger partial charge in [0, 0.05) is 12.1 Å². The SMILES string of the molecule is COc1c(C)cc(C)cc1CNC(=O)COc1ccccc1F. The van der Waals surface area contributed by atoms with Crippen LogP contribution in [-0.4, -0.2) is 19.6 Å². The molecular weight excluding hydrogens is 297 g/mol. The molecule has 4 nitrogen and oxygen atoms in total. The minimum Gasteiger partial charge on any atom is -0.496 e. The number of carbonyl (C=O) groups is 1. The molecule has 0 bridgehead atoms. The molecule has 1 amide bonds. The normalized spacial score (nSPS) is 10.3. The molecule has 0 atom stereocenters. The van der Waals surface area contributed by atoms with Crippen molar-refractivity contribution in [2.24, 2.45) is 0 Å². The van der Waals surface area contributed by atoms with Crippen molar-refractivity contribution in [2.45, 2.75) is 20.4 Å². The topological polar surface area (TPSA) is 47.6 Å². The Morgan fingerprint density at radius 2 is 1.96 bits per heavy atom. The highest BCUT2D eigenvalue weighted by molar-refractivity contribution is 5.77. The van der Waals surface area contributed by atoms with Crippen LogP contribution in [0.1, 0.15) is 16.7 Å². The predicted molar refractivity (Wildman–Crippen MR) is 86.2 cm³/mol. The van der Waals surface area contributed by atoms with Crippen molar-refractivity contribution in [1.82, 2.24) is 5.32 Å². The van der Waals surface area contributed by atoms with Crippen LogP contribution < -0.4 is 14.8 Å². The monoisotopic (exact) mass is 317 g/mol. The highest BCUT2D eigenvalue weighted by Gasteiger charge is 2.10. The van der Waals surface area contributed by atoms with E-state index in [4.69, 9.17) is 9.47 Å². The molecule has 2 aromatic rings. The van der Waals surface area contributed by atoms with Gasteiger partial charge in [0.15, 0.2) is 18.2 Å². The first-order valence-electron chi connectivity index (χ1n) is 7.29. The van der Waals surface area contributed by atoms with E-state index >= 15 is 0 Å². The van der Waals surface area contributed by atoms with Gasteiger partial charge in [-0.05, 0) is 31.5 Å². The highest BCUT2D eigenvalue weighted by atomic mass is 19.1. The molecule has 2 aromatic carbocycles. The lowest BCUT2D eigenvalue weighted by Gasteiger charge is -2.14. The van der Waals surface area contributed by atoms with E-state index in [0.29, 0.717) is 6.54 Å². The molecule has 0 aliphatic heterocycles. The molecule has 0 saturated carbocycles. The summed E-state index contributed by atoms with van der Waals surface area (Å²) in [7, 11) is 1.60. The Morgan fingerprint density at radius 1 is 1.22 bits per heavy atom. The number of benzene rings is 2. The van der Waals surface area contributed by atoms with Crippen LogP contribution in [0.15, 0.2) is 36.4 Å². The Kier molecular flexibility index (Phi) is 5.57. The number of hydrogen-bond donors (Lipinski definition) is 1. The molecule has 0 spiro atoms. The number of ether oxygens (including phenoxy) is 2. The molecule has 0 aromatic heterocycles. The summed E-state index contributed by atoms with van der Waals surface area (Å²) in [6.45, 7) is 4.02. The second-order valence-corrected chi connectivity index (χ2v) is 5.27. The van der Waals surface area contributed by atoms with Crippen LogP contribution in [0.4, 0.5) is 4.39 Å². The summed E-state index contributed by atoms with van der Waals surface area (Å²) in [5, 5.41) is 2.75. The van der Waals surface area contributed by atoms with Gasteiger partial charge in [0.05, 0.1) is 7.11 Å². The molecule has 0 aliphatic carbocycles.